The number of ether oxygens (including phenoxy) is 1. The summed E-state index contributed by atoms with van der Waals surface area (Å²) in [6.07, 6.45) is 6.62. The van der Waals surface area contributed by atoms with Crippen molar-refractivity contribution < 1.29 is 13.9 Å². The first-order valence-electron chi connectivity index (χ1n) is 10.5. The Kier molecular flexibility index (Phi) is 4.58. The van der Waals surface area contributed by atoms with Crippen molar-refractivity contribution >= 4 is 6.09 Å². The van der Waals surface area contributed by atoms with E-state index >= 15 is 0 Å². The van der Waals surface area contributed by atoms with E-state index in [2.05, 4.69) is 12.1 Å². The summed E-state index contributed by atoms with van der Waals surface area (Å²) >= 11 is 0. The van der Waals surface area contributed by atoms with Crippen molar-refractivity contribution in [3.63, 3.8) is 0 Å². The van der Waals surface area contributed by atoms with Gasteiger partial charge in [0.1, 0.15) is 11.9 Å². The molecular weight excluding hydrogens is 353 g/mol. The van der Waals surface area contributed by atoms with Gasteiger partial charge in [-0.1, -0.05) is 36.4 Å². The molecule has 0 spiro atoms. The minimum atomic E-state index is -0.264. The molecule has 2 atom stereocenters. The summed E-state index contributed by atoms with van der Waals surface area (Å²) in [5.41, 5.74) is 3.29. The molecule has 2 aromatic carbocycles. The lowest BCUT2D eigenvalue weighted by Gasteiger charge is -2.43. The molecule has 0 aromatic heterocycles. The van der Waals surface area contributed by atoms with Crippen LogP contribution in [-0.4, -0.2) is 23.6 Å². The Balaban J connectivity index is 1.43. The Morgan fingerprint density at radius 3 is 2.46 bits per heavy atom. The van der Waals surface area contributed by atoms with Crippen molar-refractivity contribution in [2.24, 2.45) is 11.8 Å². The van der Waals surface area contributed by atoms with Crippen LogP contribution in [0.5, 0.6) is 0 Å². The summed E-state index contributed by atoms with van der Waals surface area (Å²) in [4.78, 5) is 15.1. The number of carbonyl (C=O) groups is 1. The van der Waals surface area contributed by atoms with Crippen LogP contribution in [0.15, 0.2) is 48.5 Å². The second-order valence-electron chi connectivity index (χ2n) is 8.54. The molecule has 146 valence electrons. The van der Waals surface area contributed by atoms with Crippen molar-refractivity contribution in [2.75, 3.05) is 6.54 Å². The van der Waals surface area contributed by atoms with E-state index in [1.54, 1.807) is 12.1 Å². The van der Waals surface area contributed by atoms with Gasteiger partial charge in [0.15, 0.2) is 0 Å². The summed E-state index contributed by atoms with van der Waals surface area (Å²) < 4.78 is 19.6. The standard InChI is InChI=1S/C24H26FNO2/c25-20-11-9-19(10-12-20)23-21-4-2-1-3-17(21)13-14-26(23)24(27)28-22-15-16-5-7-18(22)8-6-16/h1-4,9-12,16,18,22-23H,5-8,13-15H2/t16?,18?,22?,23-/m0/s1. The third-order valence-electron chi connectivity index (χ3n) is 6.94. The van der Waals surface area contributed by atoms with Crippen LogP contribution in [0.3, 0.4) is 0 Å². The molecule has 6 rings (SSSR count). The zero-order valence-corrected chi connectivity index (χ0v) is 16.0. The fourth-order valence-electron chi connectivity index (χ4n) is 5.43. The summed E-state index contributed by atoms with van der Waals surface area (Å²) in [5.74, 6) is 0.980. The number of fused-ring (bicyclic) bond motifs is 4. The minimum Gasteiger partial charge on any atom is -0.446 e. The van der Waals surface area contributed by atoms with Gasteiger partial charge in [0, 0.05) is 6.54 Å². The van der Waals surface area contributed by atoms with Crippen LogP contribution >= 0.6 is 0 Å². The molecule has 28 heavy (non-hydrogen) atoms. The topological polar surface area (TPSA) is 29.5 Å². The molecule has 1 heterocycles. The van der Waals surface area contributed by atoms with Crippen LogP contribution in [0.1, 0.15) is 54.8 Å². The molecule has 0 N–H and O–H groups in total. The predicted molar refractivity (Wildman–Crippen MR) is 105 cm³/mol. The van der Waals surface area contributed by atoms with E-state index < -0.39 is 0 Å². The van der Waals surface area contributed by atoms with Gasteiger partial charge in [0.2, 0.25) is 0 Å². The number of benzene rings is 2. The van der Waals surface area contributed by atoms with Crippen LogP contribution in [0.4, 0.5) is 9.18 Å². The van der Waals surface area contributed by atoms with Crippen LogP contribution in [0, 0.1) is 17.7 Å². The number of amides is 1. The summed E-state index contributed by atoms with van der Waals surface area (Å²) in [5, 5.41) is 0. The minimum absolute atomic E-state index is 0.0611. The predicted octanol–water partition coefficient (Wildman–Crippen LogP) is 5.49. The number of rotatable bonds is 2. The second kappa shape index (κ2) is 7.23. The number of carbonyl (C=O) groups excluding carboxylic acids is 1. The molecule has 1 amide bonds. The van der Waals surface area contributed by atoms with Crippen molar-refractivity contribution in [2.45, 2.75) is 50.7 Å². The van der Waals surface area contributed by atoms with Crippen molar-refractivity contribution in [3.05, 3.63) is 71.0 Å². The van der Waals surface area contributed by atoms with Crippen molar-refractivity contribution in [1.82, 2.24) is 4.90 Å². The Bertz CT molecular complexity index is 857. The molecule has 2 aromatic rings. The van der Waals surface area contributed by atoms with E-state index in [9.17, 15) is 9.18 Å². The summed E-state index contributed by atoms with van der Waals surface area (Å²) in [6, 6.07) is 14.5. The van der Waals surface area contributed by atoms with E-state index in [0.717, 1.165) is 29.9 Å². The Hall–Kier alpha value is -2.36. The third-order valence-corrected chi connectivity index (χ3v) is 6.94. The van der Waals surface area contributed by atoms with Gasteiger partial charge in [-0.3, -0.25) is 4.90 Å². The van der Waals surface area contributed by atoms with Gasteiger partial charge in [-0.25, -0.2) is 9.18 Å². The highest BCUT2D eigenvalue weighted by Gasteiger charge is 2.40. The quantitative estimate of drug-likeness (QED) is 0.691. The monoisotopic (exact) mass is 379 g/mol. The highest BCUT2D eigenvalue weighted by Crippen LogP contribution is 2.43. The average molecular weight is 379 g/mol. The third kappa shape index (κ3) is 3.19. The maximum atomic E-state index is 13.5. The van der Waals surface area contributed by atoms with Gasteiger partial charge in [-0.15, -0.1) is 0 Å². The van der Waals surface area contributed by atoms with Gasteiger partial charge >= 0.3 is 6.09 Å². The first-order chi connectivity index (χ1) is 13.7. The van der Waals surface area contributed by atoms with E-state index in [1.807, 2.05) is 17.0 Å². The number of hydrogen-bond donors (Lipinski definition) is 0. The molecule has 1 unspecified atom stereocenters. The number of hydrogen-bond acceptors (Lipinski definition) is 2. The molecule has 0 radical (unpaired) electrons. The molecule has 3 nitrogen and oxygen atoms in total. The lowest BCUT2D eigenvalue weighted by atomic mass is 9.69. The second-order valence-corrected chi connectivity index (χ2v) is 8.54. The lowest BCUT2D eigenvalue weighted by molar-refractivity contribution is -0.0297. The van der Waals surface area contributed by atoms with Gasteiger partial charge < -0.3 is 4.74 Å². The van der Waals surface area contributed by atoms with Crippen molar-refractivity contribution in [3.8, 4) is 0 Å². The first kappa shape index (κ1) is 17.7. The van der Waals surface area contributed by atoms with Crippen LogP contribution < -0.4 is 0 Å². The fourth-order valence-corrected chi connectivity index (χ4v) is 5.43. The summed E-state index contributed by atoms with van der Waals surface area (Å²) in [7, 11) is 0. The molecular formula is C24H26FNO2. The van der Waals surface area contributed by atoms with E-state index in [-0.39, 0.29) is 24.1 Å². The Morgan fingerprint density at radius 2 is 1.75 bits per heavy atom. The molecule has 3 fully saturated rings. The van der Waals surface area contributed by atoms with Crippen LogP contribution in [0.25, 0.3) is 0 Å². The maximum Gasteiger partial charge on any atom is 0.410 e. The SMILES string of the molecule is O=C(OC1CC2CCC1CC2)N1CCc2ccccc2[C@@H]1c1ccc(F)cc1. The Morgan fingerprint density at radius 1 is 1.00 bits per heavy atom. The lowest BCUT2D eigenvalue weighted by Crippen LogP contribution is -2.45. The van der Waals surface area contributed by atoms with Gasteiger partial charge in [-0.05, 0) is 79.2 Å². The van der Waals surface area contributed by atoms with E-state index in [1.165, 1.54) is 43.4 Å². The van der Waals surface area contributed by atoms with Crippen LogP contribution in [0.2, 0.25) is 0 Å². The molecule has 2 bridgehead atoms. The molecule has 3 saturated carbocycles. The molecule has 4 aliphatic rings. The highest BCUT2D eigenvalue weighted by molar-refractivity contribution is 5.70. The maximum absolute atomic E-state index is 13.5. The number of nitrogens with zero attached hydrogens (tertiary/aromatic N) is 1. The normalized spacial score (nSPS) is 28.7. The molecule has 1 aliphatic heterocycles. The molecule has 3 aliphatic carbocycles. The van der Waals surface area contributed by atoms with Gasteiger partial charge in [0.05, 0.1) is 6.04 Å². The first-order valence-corrected chi connectivity index (χ1v) is 10.5. The van der Waals surface area contributed by atoms with Crippen molar-refractivity contribution in [1.29, 1.82) is 0 Å². The summed E-state index contributed by atoms with van der Waals surface area (Å²) in [6.45, 7) is 0.624. The molecule has 0 saturated heterocycles. The Labute approximate surface area is 165 Å². The fraction of sp³-hybridized carbons (Fsp3) is 0.458. The highest BCUT2D eigenvalue weighted by atomic mass is 19.1. The zero-order chi connectivity index (χ0) is 19.1. The van der Waals surface area contributed by atoms with E-state index in [4.69, 9.17) is 4.74 Å². The zero-order valence-electron chi connectivity index (χ0n) is 16.0. The van der Waals surface area contributed by atoms with Gasteiger partial charge in [0.25, 0.3) is 0 Å². The molecule has 4 heteroatoms. The van der Waals surface area contributed by atoms with E-state index in [0.29, 0.717) is 12.5 Å². The number of halogens is 1. The van der Waals surface area contributed by atoms with Gasteiger partial charge in [-0.2, -0.15) is 0 Å². The average Bonchev–Trinajstić information content (AvgIpc) is 2.74. The van der Waals surface area contributed by atoms with Crippen LogP contribution in [-0.2, 0) is 11.2 Å². The largest absolute Gasteiger partial charge is 0.446 e. The smallest absolute Gasteiger partial charge is 0.410 e.